The third-order valence-electron chi connectivity index (χ3n) is 6.34. The Morgan fingerprint density at radius 1 is 1.03 bits per heavy atom. The van der Waals surface area contributed by atoms with E-state index in [0.717, 1.165) is 51.2 Å². The Morgan fingerprint density at radius 3 is 2.69 bits per heavy atom. The zero-order valence-corrected chi connectivity index (χ0v) is 17.5. The van der Waals surface area contributed by atoms with Crippen LogP contribution in [0.3, 0.4) is 0 Å². The third kappa shape index (κ3) is 3.03. The Morgan fingerprint density at radius 2 is 1.84 bits per heavy atom. The van der Waals surface area contributed by atoms with Gasteiger partial charge in [0.25, 0.3) is 0 Å². The van der Waals surface area contributed by atoms with Gasteiger partial charge in [0.2, 0.25) is 0 Å². The zero-order valence-electron chi connectivity index (χ0n) is 17.5. The first kappa shape index (κ1) is 19.0. The third-order valence-corrected chi connectivity index (χ3v) is 6.34. The summed E-state index contributed by atoms with van der Waals surface area (Å²) in [6.07, 6.45) is 7.43. The van der Waals surface area contributed by atoms with E-state index in [2.05, 4.69) is 39.3 Å². The number of nitrogens with one attached hydrogen (secondary N) is 1. The molecule has 6 heteroatoms. The number of halogens is 1. The van der Waals surface area contributed by atoms with Crippen molar-refractivity contribution in [2.24, 2.45) is 0 Å². The van der Waals surface area contributed by atoms with E-state index < -0.39 is 0 Å². The molecular formula is C26H21FN4O. The molecule has 6 rings (SSSR count). The number of ketones is 1. The van der Waals surface area contributed by atoms with Gasteiger partial charge in [0, 0.05) is 42.6 Å². The molecule has 32 heavy (non-hydrogen) atoms. The maximum absolute atomic E-state index is 13.4. The lowest BCUT2D eigenvalue weighted by Gasteiger charge is -2.18. The summed E-state index contributed by atoms with van der Waals surface area (Å²) >= 11 is 0. The van der Waals surface area contributed by atoms with Gasteiger partial charge in [-0.2, -0.15) is 0 Å². The van der Waals surface area contributed by atoms with Crippen LogP contribution in [0.25, 0.3) is 22.5 Å². The molecule has 5 nitrogen and oxygen atoms in total. The first-order valence-corrected chi connectivity index (χ1v) is 10.7. The standard InChI is InChI=1S/C26H21FN4O/c1-30-15-22(26(29-30)16-2-7-20(27)8-3-16)19-6-11-25-28-13-23(31(25)14-19)18-4-9-21-17(12-18)5-10-24(21)32/h2-4,6-9,11-15,26,29H,5,10H2,1H3. The summed E-state index contributed by atoms with van der Waals surface area (Å²) in [5.41, 5.74) is 11.4. The molecule has 0 amide bonds. The lowest BCUT2D eigenvalue weighted by Crippen LogP contribution is -2.27. The van der Waals surface area contributed by atoms with Gasteiger partial charge in [-0.1, -0.05) is 24.3 Å². The smallest absolute Gasteiger partial charge is 0.163 e. The first-order chi connectivity index (χ1) is 15.6. The Kier molecular flexibility index (Phi) is 4.23. The van der Waals surface area contributed by atoms with E-state index in [1.54, 1.807) is 0 Å². The molecule has 1 aliphatic heterocycles. The largest absolute Gasteiger partial charge is 0.317 e. The molecule has 0 saturated heterocycles. The number of rotatable bonds is 3. The minimum Gasteiger partial charge on any atom is -0.317 e. The lowest BCUT2D eigenvalue weighted by atomic mass is 9.96. The molecule has 1 atom stereocenters. The number of pyridine rings is 1. The molecule has 4 aromatic rings. The normalized spacial score (nSPS) is 17.8. The van der Waals surface area contributed by atoms with Crippen molar-refractivity contribution in [3.05, 3.63) is 101 Å². The Labute approximate surface area is 184 Å². The first-order valence-electron chi connectivity index (χ1n) is 10.7. The van der Waals surface area contributed by atoms with Crippen molar-refractivity contribution < 1.29 is 9.18 Å². The Bertz CT molecular complexity index is 1400. The fourth-order valence-corrected chi connectivity index (χ4v) is 4.72. The highest BCUT2D eigenvalue weighted by atomic mass is 19.1. The quantitative estimate of drug-likeness (QED) is 0.513. The van der Waals surface area contributed by atoms with E-state index in [1.807, 2.05) is 48.6 Å². The summed E-state index contributed by atoms with van der Waals surface area (Å²) in [7, 11) is 1.95. The van der Waals surface area contributed by atoms with Gasteiger partial charge in [-0.3, -0.25) is 9.20 Å². The molecule has 158 valence electrons. The van der Waals surface area contributed by atoms with Gasteiger partial charge in [-0.05, 0) is 53.4 Å². The van der Waals surface area contributed by atoms with Crippen LogP contribution in [-0.4, -0.2) is 27.2 Å². The summed E-state index contributed by atoms with van der Waals surface area (Å²) in [5.74, 6) is -0.0187. The number of hydrazine groups is 1. The number of carbonyl (C=O) groups excluding carboxylic acids is 1. The summed E-state index contributed by atoms with van der Waals surface area (Å²) in [6, 6.07) is 16.7. The molecular weight excluding hydrogens is 403 g/mol. The van der Waals surface area contributed by atoms with Crippen molar-refractivity contribution >= 4 is 17.0 Å². The summed E-state index contributed by atoms with van der Waals surface area (Å²) in [4.78, 5) is 16.6. The van der Waals surface area contributed by atoms with Crippen LogP contribution in [0.4, 0.5) is 4.39 Å². The Hall–Kier alpha value is -3.77. The molecule has 0 saturated carbocycles. The van der Waals surface area contributed by atoms with Gasteiger partial charge in [0.05, 0.1) is 17.9 Å². The molecule has 1 N–H and O–H groups in total. The van der Waals surface area contributed by atoms with Crippen LogP contribution in [0.2, 0.25) is 0 Å². The van der Waals surface area contributed by atoms with Gasteiger partial charge in [-0.15, -0.1) is 0 Å². The van der Waals surface area contributed by atoms with Gasteiger partial charge in [-0.25, -0.2) is 14.8 Å². The van der Waals surface area contributed by atoms with Crippen LogP contribution < -0.4 is 5.43 Å². The lowest BCUT2D eigenvalue weighted by molar-refractivity contribution is 0.0994. The van der Waals surface area contributed by atoms with Crippen LogP contribution in [0.15, 0.2) is 73.2 Å². The van der Waals surface area contributed by atoms with E-state index in [4.69, 9.17) is 0 Å². The second kappa shape index (κ2) is 7.14. The molecule has 0 radical (unpaired) electrons. The van der Waals surface area contributed by atoms with Crippen molar-refractivity contribution in [2.45, 2.75) is 18.9 Å². The van der Waals surface area contributed by atoms with Gasteiger partial charge in [0.1, 0.15) is 11.5 Å². The van der Waals surface area contributed by atoms with Crippen LogP contribution in [0, 0.1) is 5.82 Å². The molecule has 2 aromatic carbocycles. The van der Waals surface area contributed by atoms with Crippen molar-refractivity contribution in [2.75, 3.05) is 7.05 Å². The number of hydrogen-bond acceptors (Lipinski definition) is 4. The molecule has 1 aliphatic carbocycles. The van der Waals surface area contributed by atoms with Crippen molar-refractivity contribution in [1.82, 2.24) is 19.8 Å². The van der Waals surface area contributed by atoms with Crippen LogP contribution >= 0.6 is 0 Å². The van der Waals surface area contributed by atoms with E-state index in [1.165, 1.54) is 12.1 Å². The minimum atomic E-state index is -0.244. The van der Waals surface area contributed by atoms with Gasteiger partial charge < -0.3 is 5.01 Å². The van der Waals surface area contributed by atoms with Crippen LogP contribution in [0.5, 0.6) is 0 Å². The highest BCUT2D eigenvalue weighted by Crippen LogP contribution is 2.35. The zero-order chi connectivity index (χ0) is 21.8. The number of benzene rings is 2. The maximum Gasteiger partial charge on any atom is 0.163 e. The SMILES string of the molecule is CN1C=C(c2ccc3ncc(-c4ccc5c(c4)CCC5=O)n3c2)C(c2ccc(F)cc2)N1. The van der Waals surface area contributed by atoms with E-state index in [0.29, 0.717) is 6.42 Å². The number of aromatic nitrogens is 2. The van der Waals surface area contributed by atoms with E-state index >= 15 is 0 Å². The molecule has 0 spiro atoms. The average molecular weight is 424 g/mol. The van der Waals surface area contributed by atoms with E-state index in [-0.39, 0.29) is 17.6 Å². The number of aryl methyl sites for hydroxylation is 1. The number of Topliss-reactive ketones (excluding diaryl/α,β-unsaturated/α-hetero) is 1. The van der Waals surface area contributed by atoms with Crippen molar-refractivity contribution in [3.8, 4) is 11.3 Å². The predicted molar refractivity (Wildman–Crippen MR) is 121 cm³/mol. The van der Waals surface area contributed by atoms with Crippen LogP contribution in [-0.2, 0) is 6.42 Å². The number of nitrogens with zero attached hydrogens (tertiary/aromatic N) is 3. The van der Waals surface area contributed by atoms with Crippen LogP contribution in [0.1, 0.15) is 39.5 Å². The second-order valence-corrected chi connectivity index (χ2v) is 8.39. The molecule has 2 aromatic heterocycles. The van der Waals surface area contributed by atoms with E-state index in [9.17, 15) is 9.18 Å². The molecule has 2 aliphatic rings. The summed E-state index contributed by atoms with van der Waals surface area (Å²) in [6.45, 7) is 0. The van der Waals surface area contributed by atoms with Gasteiger partial charge >= 0.3 is 0 Å². The Balaban J connectivity index is 1.42. The number of hydrogen-bond donors (Lipinski definition) is 1. The maximum atomic E-state index is 13.4. The second-order valence-electron chi connectivity index (χ2n) is 8.39. The number of carbonyl (C=O) groups is 1. The molecule has 1 unspecified atom stereocenters. The van der Waals surface area contributed by atoms with Gasteiger partial charge in [0.15, 0.2) is 5.78 Å². The van der Waals surface area contributed by atoms with Crippen molar-refractivity contribution in [3.63, 3.8) is 0 Å². The highest BCUT2D eigenvalue weighted by molar-refractivity contribution is 6.00. The molecule has 3 heterocycles. The monoisotopic (exact) mass is 424 g/mol. The molecule has 0 fully saturated rings. The number of imidazole rings is 1. The minimum absolute atomic E-state index is 0.0731. The predicted octanol–water partition coefficient (Wildman–Crippen LogP) is 4.80. The summed E-state index contributed by atoms with van der Waals surface area (Å²) < 4.78 is 15.5. The summed E-state index contributed by atoms with van der Waals surface area (Å²) in [5, 5.41) is 1.93. The highest BCUT2D eigenvalue weighted by Gasteiger charge is 2.26. The van der Waals surface area contributed by atoms with Crippen molar-refractivity contribution in [1.29, 1.82) is 0 Å². The average Bonchev–Trinajstić information content (AvgIpc) is 3.50. The topological polar surface area (TPSA) is 49.6 Å². The number of fused-ring (bicyclic) bond motifs is 2. The fourth-order valence-electron chi connectivity index (χ4n) is 4.72. The fraction of sp³-hybridized carbons (Fsp3) is 0.154. The molecule has 0 bridgehead atoms.